The summed E-state index contributed by atoms with van der Waals surface area (Å²) in [4.78, 5) is 18.0. The summed E-state index contributed by atoms with van der Waals surface area (Å²) in [6.07, 6.45) is 0. The van der Waals surface area contributed by atoms with Gasteiger partial charge < -0.3 is 9.32 Å². The number of likely N-dealkylation sites (N-methyl/N-ethyl adjacent to an activating group) is 1. The molecule has 112 valence electrons. The molecular formula is C17H22N2O2. The van der Waals surface area contributed by atoms with E-state index in [1.807, 2.05) is 20.0 Å². The number of hydrogen-bond donors (Lipinski definition) is 0. The van der Waals surface area contributed by atoms with Crippen LogP contribution < -0.4 is 0 Å². The number of nitrogens with zero attached hydrogens (tertiary/aromatic N) is 2. The number of carbonyl (C=O) groups is 1. The van der Waals surface area contributed by atoms with Crippen LogP contribution in [-0.4, -0.2) is 29.4 Å². The van der Waals surface area contributed by atoms with Crippen LogP contribution in [0.25, 0.3) is 11.1 Å². The number of fused-ring (bicyclic) bond motifs is 3. The van der Waals surface area contributed by atoms with E-state index in [9.17, 15) is 4.79 Å². The van der Waals surface area contributed by atoms with E-state index in [-0.39, 0.29) is 5.91 Å². The topological polar surface area (TPSA) is 46.3 Å². The van der Waals surface area contributed by atoms with Crippen LogP contribution in [0.1, 0.15) is 49.6 Å². The summed E-state index contributed by atoms with van der Waals surface area (Å²) in [6, 6.07) is 4.19. The van der Waals surface area contributed by atoms with Gasteiger partial charge in [0.25, 0.3) is 0 Å². The van der Waals surface area contributed by atoms with Gasteiger partial charge in [-0.25, -0.2) is 4.98 Å². The molecular weight excluding hydrogens is 264 g/mol. The van der Waals surface area contributed by atoms with Crippen molar-refractivity contribution in [3.63, 3.8) is 0 Å². The van der Waals surface area contributed by atoms with E-state index in [0.29, 0.717) is 23.6 Å². The standard InChI is InChI=1S/C17H22N2O2/c1-9-10(2)14(8-19(5)12(4)20)16-13(9)6-7-15-17(16)18-11(3)21-15/h6-7,9-10,14H,8H2,1-5H3. The molecule has 4 nitrogen and oxygen atoms in total. The van der Waals surface area contributed by atoms with Gasteiger partial charge >= 0.3 is 0 Å². The summed E-state index contributed by atoms with van der Waals surface area (Å²) < 4.78 is 5.67. The second-order valence-electron chi connectivity index (χ2n) is 6.30. The van der Waals surface area contributed by atoms with E-state index in [0.717, 1.165) is 17.6 Å². The second-order valence-corrected chi connectivity index (χ2v) is 6.30. The molecule has 0 spiro atoms. The number of aromatic nitrogens is 1. The van der Waals surface area contributed by atoms with Gasteiger partial charge in [0, 0.05) is 33.4 Å². The van der Waals surface area contributed by atoms with Crippen molar-refractivity contribution in [2.24, 2.45) is 5.92 Å². The summed E-state index contributed by atoms with van der Waals surface area (Å²) in [7, 11) is 1.87. The maximum Gasteiger partial charge on any atom is 0.219 e. The average Bonchev–Trinajstić information content (AvgIpc) is 2.91. The zero-order valence-electron chi connectivity index (χ0n) is 13.3. The molecule has 0 aliphatic heterocycles. The summed E-state index contributed by atoms with van der Waals surface area (Å²) in [5, 5.41) is 0. The third-order valence-corrected chi connectivity index (χ3v) is 5.03. The monoisotopic (exact) mass is 286 g/mol. The Labute approximate surface area is 125 Å². The molecule has 3 unspecified atom stereocenters. The molecule has 0 radical (unpaired) electrons. The smallest absolute Gasteiger partial charge is 0.219 e. The van der Waals surface area contributed by atoms with Crippen molar-refractivity contribution in [1.29, 1.82) is 0 Å². The van der Waals surface area contributed by atoms with E-state index in [2.05, 4.69) is 24.9 Å². The molecule has 4 heteroatoms. The second kappa shape index (κ2) is 4.86. The van der Waals surface area contributed by atoms with E-state index < -0.39 is 0 Å². The lowest BCUT2D eigenvalue weighted by atomic mass is 9.89. The molecule has 0 saturated heterocycles. The Bertz CT molecular complexity index is 704. The largest absolute Gasteiger partial charge is 0.441 e. The zero-order valence-corrected chi connectivity index (χ0v) is 13.3. The Morgan fingerprint density at radius 3 is 2.76 bits per heavy atom. The van der Waals surface area contributed by atoms with Crippen molar-refractivity contribution in [1.82, 2.24) is 9.88 Å². The van der Waals surface area contributed by atoms with Gasteiger partial charge in [-0.2, -0.15) is 0 Å². The zero-order chi connectivity index (χ0) is 15.3. The van der Waals surface area contributed by atoms with E-state index >= 15 is 0 Å². The van der Waals surface area contributed by atoms with Gasteiger partial charge in [0.2, 0.25) is 5.91 Å². The summed E-state index contributed by atoms with van der Waals surface area (Å²) in [6.45, 7) is 8.76. The summed E-state index contributed by atoms with van der Waals surface area (Å²) in [5.41, 5.74) is 4.45. The predicted molar refractivity (Wildman–Crippen MR) is 82.4 cm³/mol. The number of rotatable bonds is 2. The Morgan fingerprint density at radius 1 is 1.38 bits per heavy atom. The van der Waals surface area contributed by atoms with Crippen molar-refractivity contribution < 1.29 is 9.21 Å². The average molecular weight is 286 g/mol. The molecule has 0 N–H and O–H groups in total. The van der Waals surface area contributed by atoms with Crippen LogP contribution in [0.3, 0.4) is 0 Å². The molecule has 1 aliphatic rings. The number of benzene rings is 1. The van der Waals surface area contributed by atoms with Crippen LogP contribution in [0.4, 0.5) is 0 Å². The first-order valence-electron chi connectivity index (χ1n) is 7.51. The maximum absolute atomic E-state index is 11.6. The van der Waals surface area contributed by atoms with Crippen LogP contribution in [0, 0.1) is 12.8 Å². The van der Waals surface area contributed by atoms with Crippen LogP contribution >= 0.6 is 0 Å². The Balaban J connectivity index is 2.12. The summed E-state index contributed by atoms with van der Waals surface area (Å²) >= 11 is 0. The van der Waals surface area contributed by atoms with Crippen molar-refractivity contribution in [2.45, 2.75) is 39.5 Å². The molecule has 2 aromatic rings. The number of oxazole rings is 1. The van der Waals surface area contributed by atoms with Gasteiger partial charge in [-0.3, -0.25) is 4.79 Å². The highest BCUT2D eigenvalue weighted by molar-refractivity contribution is 5.80. The minimum Gasteiger partial charge on any atom is -0.441 e. The molecule has 1 aromatic heterocycles. The van der Waals surface area contributed by atoms with Crippen molar-refractivity contribution in [3.8, 4) is 0 Å². The molecule has 3 atom stereocenters. The van der Waals surface area contributed by atoms with Gasteiger partial charge in [-0.05, 0) is 29.0 Å². The van der Waals surface area contributed by atoms with Crippen LogP contribution in [0.15, 0.2) is 16.5 Å². The van der Waals surface area contributed by atoms with Crippen molar-refractivity contribution >= 4 is 17.0 Å². The molecule has 1 heterocycles. The van der Waals surface area contributed by atoms with E-state index in [1.165, 1.54) is 11.1 Å². The SMILES string of the molecule is CC(=O)N(C)CC1c2c(ccc3oc(C)nc23)C(C)C1C. The van der Waals surface area contributed by atoms with Gasteiger partial charge in [0.15, 0.2) is 11.5 Å². The first-order chi connectivity index (χ1) is 9.90. The van der Waals surface area contributed by atoms with E-state index in [1.54, 1.807) is 11.8 Å². The third kappa shape index (κ3) is 2.13. The van der Waals surface area contributed by atoms with Gasteiger partial charge in [-0.15, -0.1) is 0 Å². The molecule has 3 rings (SSSR count). The van der Waals surface area contributed by atoms with E-state index in [4.69, 9.17) is 4.42 Å². The van der Waals surface area contributed by atoms with Crippen LogP contribution in [0.2, 0.25) is 0 Å². The van der Waals surface area contributed by atoms with Crippen molar-refractivity contribution in [3.05, 3.63) is 29.2 Å². The Hall–Kier alpha value is -1.84. The minimum absolute atomic E-state index is 0.104. The number of carbonyl (C=O) groups excluding carboxylic acids is 1. The maximum atomic E-state index is 11.6. The molecule has 0 saturated carbocycles. The Morgan fingerprint density at radius 2 is 2.10 bits per heavy atom. The number of amides is 1. The first kappa shape index (κ1) is 14.1. The fraction of sp³-hybridized carbons (Fsp3) is 0.529. The quantitative estimate of drug-likeness (QED) is 0.849. The molecule has 1 amide bonds. The highest BCUT2D eigenvalue weighted by atomic mass is 16.3. The fourth-order valence-corrected chi connectivity index (χ4v) is 3.50. The number of hydrogen-bond acceptors (Lipinski definition) is 3. The molecule has 0 fully saturated rings. The lowest BCUT2D eigenvalue weighted by Crippen LogP contribution is -2.30. The lowest BCUT2D eigenvalue weighted by molar-refractivity contribution is -0.127. The van der Waals surface area contributed by atoms with Gasteiger partial charge in [0.05, 0.1) is 0 Å². The third-order valence-electron chi connectivity index (χ3n) is 5.03. The lowest BCUT2D eigenvalue weighted by Gasteiger charge is -2.24. The predicted octanol–water partition coefficient (Wildman–Crippen LogP) is 3.45. The van der Waals surface area contributed by atoms with Crippen molar-refractivity contribution in [2.75, 3.05) is 13.6 Å². The van der Waals surface area contributed by atoms with Gasteiger partial charge in [-0.1, -0.05) is 19.9 Å². The molecule has 0 bridgehead atoms. The van der Waals surface area contributed by atoms with Crippen LogP contribution in [0.5, 0.6) is 0 Å². The molecule has 1 aliphatic carbocycles. The fourth-order valence-electron chi connectivity index (χ4n) is 3.50. The number of aryl methyl sites for hydroxylation is 1. The first-order valence-corrected chi connectivity index (χ1v) is 7.51. The minimum atomic E-state index is 0.104. The summed E-state index contributed by atoms with van der Waals surface area (Å²) in [5.74, 6) is 2.09. The van der Waals surface area contributed by atoms with Crippen LogP contribution in [-0.2, 0) is 4.79 Å². The Kier molecular flexibility index (Phi) is 3.27. The van der Waals surface area contributed by atoms with Gasteiger partial charge in [0.1, 0.15) is 5.52 Å². The molecule has 21 heavy (non-hydrogen) atoms. The normalized spacial score (nSPS) is 24.3. The highest BCUT2D eigenvalue weighted by Crippen LogP contribution is 2.48. The molecule has 1 aromatic carbocycles. The highest BCUT2D eigenvalue weighted by Gasteiger charge is 2.38.